The third-order valence-corrected chi connectivity index (χ3v) is 3.21. The van der Waals surface area contributed by atoms with Crippen LogP contribution < -0.4 is 10.3 Å². The van der Waals surface area contributed by atoms with Crippen molar-refractivity contribution in [1.82, 2.24) is 14.6 Å². The van der Waals surface area contributed by atoms with Gasteiger partial charge in [-0.15, -0.1) is 0 Å². The van der Waals surface area contributed by atoms with Gasteiger partial charge in [0.2, 0.25) is 10.8 Å². The van der Waals surface area contributed by atoms with Crippen LogP contribution in [0.2, 0.25) is 0 Å². The Bertz CT molecular complexity index is 563. The van der Waals surface area contributed by atoms with Gasteiger partial charge in [-0.2, -0.15) is 14.6 Å². The first-order valence-electron chi connectivity index (χ1n) is 4.32. The predicted octanol–water partition coefficient (Wildman–Crippen LogP) is 1.62. The van der Waals surface area contributed by atoms with E-state index in [2.05, 4.69) is 26.0 Å². The SMILES string of the molecule is CCOc1nc2sc(C)nn2c(=O)c1Br. The van der Waals surface area contributed by atoms with Crippen LogP contribution in [0.3, 0.4) is 0 Å². The normalized spacial score (nSPS) is 10.9. The number of nitrogens with zero attached hydrogens (tertiary/aromatic N) is 3. The molecule has 0 aromatic carbocycles. The molecule has 0 saturated carbocycles. The van der Waals surface area contributed by atoms with Crippen LogP contribution in [0.5, 0.6) is 5.88 Å². The largest absolute Gasteiger partial charge is 0.477 e. The van der Waals surface area contributed by atoms with Crippen molar-refractivity contribution < 1.29 is 4.74 Å². The molecule has 7 heteroatoms. The second-order valence-electron chi connectivity index (χ2n) is 2.78. The van der Waals surface area contributed by atoms with Crippen molar-refractivity contribution in [2.24, 2.45) is 0 Å². The number of ether oxygens (including phenoxy) is 1. The molecule has 2 rings (SSSR count). The van der Waals surface area contributed by atoms with E-state index in [-0.39, 0.29) is 5.56 Å². The number of rotatable bonds is 2. The van der Waals surface area contributed by atoms with Crippen molar-refractivity contribution in [3.8, 4) is 5.88 Å². The van der Waals surface area contributed by atoms with Crippen LogP contribution >= 0.6 is 27.3 Å². The molecule has 2 heterocycles. The third-order valence-electron chi connectivity index (χ3n) is 1.71. The first-order valence-corrected chi connectivity index (χ1v) is 5.93. The molecule has 0 radical (unpaired) electrons. The summed E-state index contributed by atoms with van der Waals surface area (Å²) in [6.07, 6.45) is 0. The summed E-state index contributed by atoms with van der Waals surface area (Å²) >= 11 is 4.51. The van der Waals surface area contributed by atoms with Crippen LogP contribution in [0.15, 0.2) is 9.27 Å². The standard InChI is InChI=1S/C8H8BrN3O2S/c1-3-14-6-5(9)7(13)12-8(10-6)15-4(2)11-12/h3H2,1-2H3. The van der Waals surface area contributed by atoms with Gasteiger partial charge < -0.3 is 4.74 Å². The minimum absolute atomic E-state index is 0.243. The van der Waals surface area contributed by atoms with E-state index < -0.39 is 0 Å². The number of hydrogen-bond donors (Lipinski definition) is 0. The topological polar surface area (TPSA) is 56.5 Å². The van der Waals surface area contributed by atoms with Crippen LogP contribution in [-0.2, 0) is 0 Å². The molecule has 0 spiro atoms. The molecular formula is C8H8BrN3O2S. The van der Waals surface area contributed by atoms with Crippen LogP contribution in [-0.4, -0.2) is 21.2 Å². The lowest BCUT2D eigenvalue weighted by molar-refractivity contribution is 0.324. The highest BCUT2D eigenvalue weighted by Crippen LogP contribution is 2.21. The molecule has 0 fully saturated rings. The lowest BCUT2D eigenvalue weighted by atomic mass is 10.6. The Labute approximate surface area is 97.8 Å². The highest BCUT2D eigenvalue weighted by atomic mass is 79.9. The fourth-order valence-electron chi connectivity index (χ4n) is 1.13. The van der Waals surface area contributed by atoms with Gasteiger partial charge in [0.1, 0.15) is 9.48 Å². The summed E-state index contributed by atoms with van der Waals surface area (Å²) in [5.41, 5.74) is -0.243. The Balaban J connectivity index is 2.76. The molecule has 15 heavy (non-hydrogen) atoms. The number of aromatic nitrogens is 3. The van der Waals surface area contributed by atoms with Crippen molar-refractivity contribution in [3.63, 3.8) is 0 Å². The molecule has 0 amide bonds. The molecule has 5 nitrogen and oxygen atoms in total. The van der Waals surface area contributed by atoms with Crippen LogP contribution in [0.1, 0.15) is 11.9 Å². The molecule has 0 atom stereocenters. The van der Waals surface area contributed by atoms with Crippen LogP contribution in [0.4, 0.5) is 0 Å². The zero-order valence-electron chi connectivity index (χ0n) is 8.15. The van der Waals surface area contributed by atoms with Gasteiger partial charge in [0.05, 0.1) is 6.61 Å². The third kappa shape index (κ3) is 1.76. The van der Waals surface area contributed by atoms with Gasteiger partial charge in [0.25, 0.3) is 5.56 Å². The van der Waals surface area contributed by atoms with Crippen LogP contribution in [0.25, 0.3) is 4.96 Å². The first kappa shape index (κ1) is 10.6. The Kier molecular flexibility index (Phi) is 2.74. The van der Waals surface area contributed by atoms with Crippen molar-refractivity contribution in [1.29, 1.82) is 0 Å². The van der Waals surface area contributed by atoms with Crippen LogP contribution in [0, 0.1) is 6.92 Å². The smallest absolute Gasteiger partial charge is 0.293 e. The molecule has 0 bridgehead atoms. The highest BCUT2D eigenvalue weighted by Gasteiger charge is 2.13. The second-order valence-corrected chi connectivity index (χ2v) is 4.74. The van der Waals surface area contributed by atoms with E-state index in [0.717, 1.165) is 5.01 Å². The molecule has 0 saturated heterocycles. The van der Waals surface area contributed by atoms with E-state index in [1.165, 1.54) is 15.9 Å². The van der Waals surface area contributed by atoms with E-state index in [1.807, 2.05) is 13.8 Å². The molecule has 2 aromatic heterocycles. The Morgan fingerprint density at radius 1 is 1.60 bits per heavy atom. The maximum atomic E-state index is 11.8. The Morgan fingerprint density at radius 2 is 2.33 bits per heavy atom. The summed E-state index contributed by atoms with van der Waals surface area (Å²) in [5.74, 6) is 0.325. The van der Waals surface area contributed by atoms with E-state index >= 15 is 0 Å². The number of hydrogen-bond acceptors (Lipinski definition) is 5. The summed E-state index contributed by atoms with van der Waals surface area (Å²) in [6, 6.07) is 0. The van der Waals surface area contributed by atoms with Gasteiger partial charge >= 0.3 is 0 Å². The highest BCUT2D eigenvalue weighted by molar-refractivity contribution is 9.10. The minimum atomic E-state index is -0.243. The molecule has 80 valence electrons. The number of aryl methyl sites for hydroxylation is 1. The van der Waals surface area contributed by atoms with Crippen molar-refractivity contribution >= 4 is 32.2 Å². The summed E-state index contributed by atoms with van der Waals surface area (Å²) in [6.45, 7) is 4.14. The monoisotopic (exact) mass is 289 g/mol. The fourth-order valence-corrected chi connectivity index (χ4v) is 2.23. The maximum absolute atomic E-state index is 11.8. The lowest BCUT2D eigenvalue weighted by Gasteiger charge is -2.02. The quantitative estimate of drug-likeness (QED) is 0.843. The lowest BCUT2D eigenvalue weighted by Crippen LogP contribution is -2.17. The fraction of sp³-hybridized carbons (Fsp3) is 0.375. The number of halogens is 1. The average molecular weight is 290 g/mol. The molecule has 0 N–H and O–H groups in total. The first-order chi connectivity index (χ1) is 7.13. The van der Waals surface area contributed by atoms with Gasteiger partial charge in [-0.25, -0.2) is 0 Å². The van der Waals surface area contributed by atoms with E-state index in [0.29, 0.717) is 21.9 Å². The molecule has 0 aliphatic carbocycles. The predicted molar refractivity (Wildman–Crippen MR) is 60.7 cm³/mol. The Hall–Kier alpha value is -0.950. The summed E-state index contributed by atoms with van der Waals surface area (Å²) in [7, 11) is 0. The molecule has 0 aliphatic rings. The van der Waals surface area contributed by atoms with E-state index in [4.69, 9.17) is 4.74 Å². The van der Waals surface area contributed by atoms with E-state index in [9.17, 15) is 4.79 Å². The molecule has 0 aliphatic heterocycles. The average Bonchev–Trinajstić information content (AvgIpc) is 2.56. The number of fused-ring (bicyclic) bond motifs is 1. The summed E-state index contributed by atoms with van der Waals surface area (Å²) in [4.78, 5) is 16.5. The van der Waals surface area contributed by atoms with Crippen molar-refractivity contribution in [2.75, 3.05) is 6.61 Å². The molecule has 2 aromatic rings. The zero-order chi connectivity index (χ0) is 11.0. The molecule has 0 unspecified atom stereocenters. The second kappa shape index (κ2) is 3.90. The van der Waals surface area contributed by atoms with E-state index in [1.54, 1.807) is 0 Å². The Morgan fingerprint density at radius 3 is 3.00 bits per heavy atom. The summed E-state index contributed by atoms with van der Waals surface area (Å²) < 4.78 is 6.83. The van der Waals surface area contributed by atoms with Gasteiger partial charge in [-0.1, -0.05) is 11.3 Å². The van der Waals surface area contributed by atoms with Gasteiger partial charge in [-0.3, -0.25) is 4.79 Å². The summed E-state index contributed by atoms with van der Waals surface area (Å²) in [5, 5.41) is 4.84. The van der Waals surface area contributed by atoms with Crippen molar-refractivity contribution in [3.05, 3.63) is 19.8 Å². The van der Waals surface area contributed by atoms with Gasteiger partial charge in [-0.05, 0) is 29.8 Å². The maximum Gasteiger partial charge on any atom is 0.293 e. The molecular weight excluding hydrogens is 282 g/mol. The van der Waals surface area contributed by atoms with Gasteiger partial charge in [0.15, 0.2) is 0 Å². The van der Waals surface area contributed by atoms with Gasteiger partial charge in [0, 0.05) is 0 Å². The minimum Gasteiger partial charge on any atom is -0.477 e. The zero-order valence-corrected chi connectivity index (χ0v) is 10.6. The van der Waals surface area contributed by atoms with Crippen molar-refractivity contribution in [2.45, 2.75) is 13.8 Å².